The first-order valence-corrected chi connectivity index (χ1v) is 10.8. The van der Waals surface area contributed by atoms with Gasteiger partial charge in [-0.15, -0.1) is 10.2 Å². The summed E-state index contributed by atoms with van der Waals surface area (Å²) in [6.07, 6.45) is 2.80. The van der Waals surface area contributed by atoms with Gasteiger partial charge in [-0.3, -0.25) is 4.40 Å². The smallest absolute Gasteiger partial charge is 0.257 e. The van der Waals surface area contributed by atoms with Gasteiger partial charge in [-0.05, 0) is 73.1 Å². The Balaban J connectivity index is 1.64. The zero-order valence-corrected chi connectivity index (χ0v) is 18.2. The van der Waals surface area contributed by atoms with Crippen molar-refractivity contribution in [1.82, 2.24) is 19.6 Å². The highest BCUT2D eigenvalue weighted by atomic mass is 35.5. The first-order valence-electron chi connectivity index (χ1n) is 10.5. The highest BCUT2D eigenvalue weighted by molar-refractivity contribution is 6.31. The first kappa shape index (κ1) is 21.0. The lowest BCUT2D eigenvalue weighted by molar-refractivity contribution is 0.158. The van der Waals surface area contributed by atoms with Crippen LogP contribution in [0.25, 0.3) is 16.7 Å². The summed E-state index contributed by atoms with van der Waals surface area (Å²) in [7, 11) is 0. The van der Waals surface area contributed by atoms with Crippen molar-refractivity contribution < 1.29 is 13.2 Å². The molecule has 4 aromatic rings. The van der Waals surface area contributed by atoms with E-state index in [-0.39, 0.29) is 11.6 Å². The van der Waals surface area contributed by atoms with Gasteiger partial charge in [0.25, 0.3) is 12.2 Å². The van der Waals surface area contributed by atoms with E-state index in [2.05, 4.69) is 22.1 Å². The second-order valence-electron chi connectivity index (χ2n) is 8.73. The molecule has 1 fully saturated rings. The third kappa shape index (κ3) is 4.11. The van der Waals surface area contributed by atoms with Crippen molar-refractivity contribution in [3.8, 4) is 0 Å². The van der Waals surface area contributed by atoms with Gasteiger partial charge in [0.1, 0.15) is 18.0 Å². The Bertz CT molecular complexity index is 1300. The molecule has 0 bridgehead atoms. The summed E-state index contributed by atoms with van der Waals surface area (Å²) in [6, 6.07) is 9.59. The molecule has 0 aliphatic heterocycles. The van der Waals surface area contributed by atoms with Crippen molar-refractivity contribution in [2.24, 2.45) is 5.41 Å². The molecule has 0 spiro atoms. The molecule has 0 amide bonds. The van der Waals surface area contributed by atoms with Crippen molar-refractivity contribution >= 4 is 39.8 Å². The lowest BCUT2D eigenvalue weighted by Gasteiger charge is -2.26. The number of hydrogen-bond donors (Lipinski definition) is 0. The molecule has 0 saturated heterocycles. The van der Waals surface area contributed by atoms with E-state index in [0.29, 0.717) is 33.4 Å². The van der Waals surface area contributed by atoms with Crippen LogP contribution in [-0.4, -0.2) is 32.6 Å². The van der Waals surface area contributed by atoms with Crippen LogP contribution in [0.4, 0.5) is 24.7 Å². The molecule has 1 aliphatic carbocycles. The van der Waals surface area contributed by atoms with Gasteiger partial charge >= 0.3 is 0 Å². The van der Waals surface area contributed by atoms with Gasteiger partial charge < -0.3 is 4.90 Å². The normalized spacial score (nSPS) is 15.1. The third-order valence-electron chi connectivity index (χ3n) is 6.15. The SMILES string of the molecule is CC1(CCc2cc(F)cc(N(CC(F)F)c3nc4nncn4c4cc(Cl)ccc34)c2)CC1. The number of rotatable bonds is 7. The quantitative estimate of drug-likeness (QED) is 0.330. The number of nitrogens with zero attached hydrogens (tertiary/aromatic N) is 5. The van der Waals surface area contributed by atoms with E-state index < -0.39 is 18.8 Å². The molecule has 1 saturated carbocycles. The third-order valence-corrected chi connectivity index (χ3v) is 6.38. The van der Waals surface area contributed by atoms with E-state index in [1.165, 1.54) is 36.2 Å². The molecule has 5 nitrogen and oxygen atoms in total. The van der Waals surface area contributed by atoms with E-state index in [1.807, 2.05) is 0 Å². The Morgan fingerprint density at radius 2 is 2.00 bits per heavy atom. The van der Waals surface area contributed by atoms with Crippen LogP contribution < -0.4 is 4.90 Å². The molecule has 0 radical (unpaired) electrons. The zero-order valence-electron chi connectivity index (χ0n) is 17.4. The molecule has 32 heavy (non-hydrogen) atoms. The van der Waals surface area contributed by atoms with Crippen LogP contribution in [0.2, 0.25) is 5.02 Å². The summed E-state index contributed by atoms with van der Waals surface area (Å²) < 4.78 is 43.5. The molecule has 166 valence electrons. The molecule has 2 aromatic carbocycles. The molecular weight excluding hydrogens is 439 g/mol. The molecule has 2 heterocycles. The number of aromatic nitrogens is 4. The van der Waals surface area contributed by atoms with Crippen molar-refractivity contribution in [2.45, 2.75) is 39.0 Å². The number of anilines is 2. The summed E-state index contributed by atoms with van der Waals surface area (Å²) in [5.74, 6) is 0.0316. The highest BCUT2D eigenvalue weighted by Crippen LogP contribution is 2.48. The van der Waals surface area contributed by atoms with Gasteiger partial charge in [0.2, 0.25) is 0 Å². The monoisotopic (exact) mass is 459 g/mol. The molecular formula is C23H21ClF3N5. The van der Waals surface area contributed by atoms with Crippen molar-refractivity contribution in [1.29, 1.82) is 0 Å². The molecule has 0 N–H and O–H groups in total. The van der Waals surface area contributed by atoms with Gasteiger partial charge in [0.15, 0.2) is 0 Å². The van der Waals surface area contributed by atoms with Crippen LogP contribution in [0.1, 0.15) is 31.7 Å². The van der Waals surface area contributed by atoms with E-state index in [1.54, 1.807) is 28.7 Å². The van der Waals surface area contributed by atoms with E-state index in [0.717, 1.165) is 12.0 Å². The highest BCUT2D eigenvalue weighted by Gasteiger charge is 2.36. The minimum absolute atomic E-state index is 0.243. The fraction of sp³-hybridized carbons (Fsp3) is 0.348. The number of aryl methyl sites for hydroxylation is 1. The molecule has 1 aliphatic rings. The summed E-state index contributed by atoms with van der Waals surface area (Å²) in [5, 5.41) is 8.92. The summed E-state index contributed by atoms with van der Waals surface area (Å²) in [6.45, 7) is 1.57. The van der Waals surface area contributed by atoms with E-state index in [9.17, 15) is 13.2 Å². The second kappa shape index (κ2) is 7.92. The number of hydrogen-bond acceptors (Lipinski definition) is 4. The molecule has 0 atom stereocenters. The Morgan fingerprint density at radius 3 is 2.75 bits per heavy atom. The summed E-state index contributed by atoms with van der Waals surface area (Å²) >= 11 is 6.18. The number of alkyl halides is 2. The molecule has 9 heteroatoms. The Labute approximate surface area is 187 Å². The summed E-state index contributed by atoms with van der Waals surface area (Å²) in [5.41, 5.74) is 2.04. The average molecular weight is 460 g/mol. The van der Waals surface area contributed by atoms with Crippen LogP contribution in [0.5, 0.6) is 0 Å². The largest absolute Gasteiger partial charge is 0.320 e. The second-order valence-corrected chi connectivity index (χ2v) is 9.16. The Kier molecular flexibility index (Phi) is 5.20. The van der Waals surface area contributed by atoms with Gasteiger partial charge in [0, 0.05) is 16.1 Å². The maximum absolute atomic E-state index is 14.6. The maximum atomic E-state index is 14.6. The van der Waals surface area contributed by atoms with Crippen LogP contribution in [-0.2, 0) is 6.42 Å². The fourth-order valence-electron chi connectivity index (χ4n) is 4.02. The predicted octanol–water partition coefficient (Wildman–Crippen LogP) is 6.21. The van der Waals surface area contributed by atoms with E-state index >= 15 is 0 Å². The average Bonchev–Trinajstić information content (AvgIpc) is 3.29. The van der Waals surface area contributed by atoms with Crippen LogP contribution in [0, 0.1) is 11.2 Å². The van der Waals surface area contributed by atoms with Gasteiger partial charge in [-0.25, -0.2) is 13.2 Å². The molecule has 5 rings (SSSR count). The molecule has 0 unspecified atom stereocenters. The Hall–Kier alpha value is -2.87. The van der Waals surface area contributed by atoms with Gasteiger partial charge in [0.05, 0.1) is 12.1 Å². The van der Waals surface area contributed by atoms with Crippen molar-refractivity contribution in [3.05, 3.63) is 59.1 Å². The van der Waals surface area contributed by atoms with Gasteiger partial charge in [-0.1, -0.05) is 18.5 Å². The summed E-state index contributed by atoms with van der Waals surface area (Å²) in [4.78, 5) is 5.84. The van der Waals surface area contributed by atoms with Crippen LogP contribution in [0.3, 0.4) is 0 Å². The van der Waals surface area contributed by atoms with Crippen molar-refractivity contribution in [2.75, 3.05) is 11.4 Å². The van der Waals surface area contributed by atoms with Gasteiger partial charge in [-0.2, -0.15) is 4.98 Å². The zero-order chi connectivity index (χ0) is 22.5. The minimum atomic E-state index is -2.66. The number of benzene rings is 2. The maximum Gasteiger partial charge on any atom is 0.257 e. The standard InChI is InChI=1S/C23H21ClF3N5/c1-23(6-7-23)5-4-14-8-16(25)11-17(9-14)31(12-20(26)27)21-18-3-2-15(24)10-19(18)32-13-28-30-22(32)29-21/h2-3,8-11,13,20H,4-7,12H2,1H3. The lowest BCUT2D eigenvalue weighted by atomic mass is 9.98. The van der Waals surface area contributed by atoms with Crippen LogP contribution in [0.15, 0.2) is 42.7 Å². The Morgan fingerprint density at radius 1 is 1.19 bits per heavy atom. The number of halogens is 4. The topological polar surface area (TPSA) is 46.3 Å². The minimum Gasteiger partial charge on any atom is -0.320 e. The van der Waals surface area contributed by atoms with E-state index in [4.69, 9.17) is 11.6 Å². The van der Waals surface area contributed by atoms with Crippen LogP contribution >= 0.6 is 11.6 Å². The number of fused-ring (bicyclic) bond motifs is 3. The first-order chi connectivity index (χ1) is 15.3. The van der Waals surface area contributed by atoms with Crippen molar-refractivity contribution in [3.63, 3.8) is 0 Å². The molecule has 2 aromatic heterocycles. The predicted molar refractivity (Wildman–Crippen MR) is 118 cm³/mol. The fourth-order valence-corrected chi connectivity index (χ4v) is 4.19. The lowest BCUT2D eigenvalue weighted by Crippen LogP contribution is -2.25.